The third-order valence-electron chi connectivity index (χ3n) is 3.98. The smallest absolute Gasteiger partial charge is 0.257 e. The van der Waals surface area contributed by atoms with Gasteiger partial charge in [-0.05, 0) is 24.5 Å². The molecule has 2 aromatic rings. The standard InChI is InChI=1S/C17H23ClN4O/c1-11(2)15(19)7-8-22(3)17(23)14-10-20-21-16(14)12-5-4-6-13(18)9-12/h4-6,9-11,15H,7-8,19H2,1-3H3,(H,20,21). The van der Waals surface area contributed by atoms with Crippen molar-refractivity contribution in [3.8, 4) is 11.3 Å². The highest BCUT2D eigenvalue weighted by Gasteiger charge is 2.20. The van der Waals surface area contributed by atoms with Crippen LogP contribution in [-0.2, 0) is 0 Å². The van der Waals surface area contributed by atoms with E-state index in [0.717, 1.165) is 12.0 Å². The Bertz CT molecular complexity index is 668. The Kier molecular flexibility index (Phi) is 5.80. The molecule has 5 nitrogen and oxygen atoms in total. The van der Waals surface area contributed by atoms with Crippen molar-refractivity contribution in [1.82, 2.24) is 15.1 Å². The lowest BCUT2D eigenvalue weighted by molar-refractivity contribution is 0.0790. The van der Waals surface area contributed by atoms with Crippen molar-refractivity contribution in [2.45, 2.75) is 26.3 Å². The summed E-state index contributed by atoms with van der Waals surface area (Å²) in [7, 11) is 1.78. The molecule has 0 aliphatic heterocycles. The Morgan fingerprint density at radius 1 is 1.43 bits per heavy atom. The number of H-pyrrole nitrogens is 1. The summed E-state index contributed by atoms with van der Waals surface area (Å²) in [5.74, 6) is 0.319. The van der Waals surface area contributed by atoms with Crippen LogP contribution in [0.25, 0.3) is 11.3 Å². The number of benzene rings is 1. The highest BCUT2D eigenvalue weighted by Crippen LogP contribution is 2.24. The van der Waals surface area contributed by atoms with Gasteiger partial charge in [-0.25, -0.2) is 0 Å². The highest BCUT2D eigenvalue weighted by molar-refractivity contribution is 6.30. The van der Waals surface area contributed by atoms with Gasteiger partial charge < -0.3 is 10.6 Å². The van der Waals surface area contributed by atoms with Crippen molar-refractivity contribution >= 4 is 17.5 Å². The van der Waals surface area contributed by atoms with E-state index in [9.17, 15) is 4.79 Å². The molecule has 0 bridgehead atoms. The van der Waals surface area contributed by atoms with Crippen LogP contribution in [0, 0.1) is 5.92 Å². The number of carbonyl (C=O) groups excluding carboxylic acids is 1. The summed E-state index contributed by atoms with van der Waals surface area (Å²) in [5.41, 5.74) is 8.10. The first-order chi connectivity index (χ1) is 10.9. The van der Waals surface area contributed by atoms with E-state index in [4.69, 9.17) is 17.3 Å². The second-order valence-electron chi connectivity index (χ2n) is 6.09. The molecule has 23 heavy (non-hydrogen) atoms. The highest BCUT2D eigenvalue weighted by atomic mass is 35.5. The predicted octanol–water partition coefficient (Wildman–Crippen LogP) is 3.18. The van der Waals surface area contributed by atoms with Gasteiger partial charge in [-0.3, -0.25) is 9.89 Å². The summed E-state index contributed by atoms with van der Waals surface area (Å²) >= 11 is 6.03. The van der Waals surface area contributed by atoms with Gasteiger partial charge in [0.05, 0.1) is 17.5 Å². The predicted molar refractivity (Wildman–Crippen MR) is 93.4 cm³/mol. The van der Waals surface area contributed by atoms with Crippen molar-refractivity contribution in [3.63, 3.8) is 0 Å². The molecule has 1 amide bonds. The Hall–Kier alpha value is -1.85. The molecule has 0 radical (unpaired) electrons. The van der Waals surface area contributed by atoms with Gasteiger partial charge in [0.2, 0.25) is 0 Å². The number of nitrogens with two attached hydrogens (primary N) is 1. The average molecular weight is 335 g/mol. The Balaban J connectivity index is 2.13. The largest absolute Gasteiger partial charge is 0.342 e. The van der Waals surface area contributed by atoms with E-state index in [1.54, 1.807) is 30.3 Å². The fourth-order valence-electron chi connectivity index (χ4n) is 2.30. The van der Waals surface area contributed by atoms with Crippen molar-refractivity contribution in [2.75, 3.05) is 13.6 Å². The van der Waals surface area contributed by atoms with Gasteiger partial charge in [0, 0.05) is 30.2 Å². The van der Waals surface area contributed by atoms with Crippen molar-refractivity contribution in [2.24, 2.45) is 11.7 Å². The SMILES string of the molecule is CC(C)C(N)CCN(C)C(=O)c1cn[nH]c1-c1cccc(Cl)c1. The molecule has 0 spiro atoms. The van der Waals surface area contributed by atoms with Gasteiger partial charge >= 0.3 is 0 Å². The maximum absolute atomic E-state index is 12.7. The van der Waals surface area contributed by atoms with E-state index < -0.39 is 0 Å². The quantitative estimate of drug-likeness (QED) is 0.852. The molecule has 1 atom stereocenters. The average Bonchev–Trinajstić information content (AvgIpc) is 3.00. The minimum atomic E-state index is -0.0790. The number of aromatic amines is 1. The van der Waals surface area contributed by atoms with E-state index in [2.05, 4.69) is 24.0 Å². The van der Waals surface area contributed by atoms with Crippen LogP contribution in [0.2, 0.25) is 5.02 Å². The first kappa shape index (κ1) is 17.5. The van der Waals surface area contributed by atoms with Gasteiger partial charge in [0.15, 0.2) is 0 Å². The molecule has 1 aromatic heterocycles. The molecule has 0 aliphatic carbocycles. The van der Waals surface area contributed by atoms with Crippen LogP contribution in [-0.4, -0.2) is 40.6 Å². The van der Waals surface area contributed by atoms with Gasteiger partial charge in [-0.15, -0.1) is 0 Å². The lowest BCUT2D eigenvalue weighted by Gasteiger charge is -2.21. The molecule has 3 N–H and O–H groups in total. The third kappa shape index (κ3) is 4.33. The van der Waals surface area contributed by atoms with Crippen LogP contribution in [0.15, 0.2) is 30.5 Å². The van der Waals surface area contributed by atoms with Crippen LogP contribution in [0.4, 0.5) is 0 Å². The number of hydrogen-bond acceptors (Lipinski definition) is 3. The van der Waals surface area contributed by atoms with E-state index in [0.29, 0.717) is 28.7 Å². The molecule has 1 unspecified atom stereocenters. The Morgan fingerprint density at radius 2 is 2.17 bits per heavy atom. The fourth-order valence-corrected chi connectivity index (χ4v) is 2.49. The number of nitrogens with zero attached hydrogens (tertiary/aromatic N) is 2. The van der Waals surface area contributed by atoms with Gasteiger partial charge in [-0.1, -0.05) is 37.6 Å². The zero-order valence-electron chi connectivity index (χ0n) is 13.7. The first-order valence-electron chi connectivity index (χ1n) is 7.70. The number of rotatable bonds is 6. The van der Waals surface area contributed by atoms with Crippen LogP contribution in [0.5, 0.6) is 0 Å². The van der Waals surface area contributed by atoms with E-state index in [-0.39, 0.29) is 11.9 Å². The maximum atomic E-state index is 12.7. The minimum absolute atomic E-state index is 0.0790. The second-order valence-corrected chi connectivity index (χ2v) is 6.53. The summed E-state index contributed by atoms with van der Waals surface area (Å²) < 4.78 is 0. The molecular formula is C17H23ClN4O. The Morgan fingerprint density at radius 3 is 2.83 bits per heavy atom. The fraction of sp³-hybridized carbons (Fsp3) is 0.412. The lowest BCUT2D eigenvalue weighted by atomic mass is 10.0. The topological polar surface area (TPSA) is 75.0 Å². The van der Waals surface area contributed by atoms with Crippen LogP contribution < -0.4 is 5.73 Å². The summed E-state index contributed by atoms with van der Waals surface area (Å²) in [4.78, 5) is 14.3. The summed E-state index contributed by atoms with van der Waals surface area (Å²) in [6, 6.07) is 7.42. The van der Waals surface area contributed by atoms with Crippen molar-refractivity contribution in [3.05, 3.63) is 41.0 Å². The molecule has 0 aliphatic rings. The number of hydrogen-bond donors (Lipinski definition) is 2. The molecule has 0 saturated heterocycles. The number of carbonyl (C=O) groups is 1. The van der Waals surface area contributed by atoms with E-state index >= 15 is 0 Å². The minimum Gasteiger partial charge on any atom is -0.342 e. The summed E-state index contributed by atoms with van der Waals surface area (Å²) in [6.45, 7) is 4.78. The second kappa shape index (κ2) is 7.62. The van der Waals surface area contributed by atoms with Crippen LogP contribution >= 0.6 is 11.6 Å². The molecule has 0 fully saturated rings. The zero-order valence-corrected chi connectivity index (χ0v) is 14.5. The monoisotopic (exact) mass is 334 g/mol. The third-order valence-corrected chi connectivity index (χ3v) is 4.22. The van der Waals surface area contributed by atoms with Crippen LogP contribution in [0.1, 0.15) is 30.6 Å². The maximum Gasteiger partial charge on any atom is 0.257 e. The normalized spacial score (nSPS) is 12.4. The van der Waals surface area contributed by atoms with Crippen molar-refractivity contribution < 1.29 is 4.79 Å². The molecule has 124 valence electrons. The van der Waals surface area contributed by atoms with Gasteiger partial charge in [-0.2, -0.15) is 5.10 Å². The molecular weight excluding hydrogens is 312 g/mol. The summed E-state index contributed by atoms with van der Waals surface area (Å²) in [5, 5.41) is 7.52. The molecule has 1 aromatic carbocycles. The van der Waals surface area contributed by atoms with E-state index in [1.165, 1.54) is 0 Å². The van der Waals surface area contributed by atoms with Crippen molar-refractivity contribution in [1.29, 1.82) is 0 Å². The Labute approximate surface area is 141 Å². The molecule has 1 heterocycles. The molecule has 0 saturated carbocycles. The van der Waals surface area contributed by atoms with E-state index in [1.807, 2.05) is 12.1 Å². The van der Waals surface area contributed by atoms with Crippen LogP contribution in [0.3, 0.4) is 0 Å². The first-order valence-corrected chi connectivity index (χ1v) is 8.08. The van der Waals surface area contributed by atoms with Gasteiger partial charge in [0.1, 0.15) is 0 Å². The molecule has 2 rings (SSSR count). The molecule has 6 heteroatoms. The lowest BCUT2D eigenvalue weighted by Crippen LogP contribution is -2.34. The van der Waals surface area contributed by atoms with Gasteiger partial charge in [0.25, 0.3) is 5.91 Å². The summed E-state index contributed by atoms with van der Waals surface area (Å²) in [6.07, 6.45) is 2.32. The number of nitrogens with one attached hydrogen (secondary N) is 1. The number of aromatic nitrogens is 2. The zero-order chi connectivity index (χ0) is 17.0. The number of amides is 1. The number of halogens is 1.